The summed E-state index contributed by atoms with van der Waals surface area (Å²) in [5, 5.41) is 12.4. The van der Waals surface area contributed by atoms with Gasteiger partial charge in [0, 0.05) is 17.2 Å². The van der Waals surface area contributed by atoms with E-state index in [9.17, 15) is 9.90 Å². The zero-order valence-electron chi connectivity index (χ0n) is 11.6. The van der Waals surface area contributed by atoms with E-state index in [0.29, 0.717) is 16.2 Å². The van der Waals surface area contributed by atoms with Crippen molar-refractivity contribution in [1.82, 2.24) is 9.88 Å². The Bertz CT molecular complexity index is 473. The van der Waals surface area contributed by atoms with Crippen molar-refractivity contribution < 1.29 is 9.90 Å². The summed E-state index contributed by atoms with van der Waals surface area (Å²) in [5.74, 6) is 0.0885. The van der Waals surface area contributed by atoms with Crippen LogP contribution in [0.5, 0.6) is 0 Å². The second kappa shape index (κ2) is 7.04. The van der Waals surface area contributed by atoms with Gasteiger partial charge in [-0.25, -0.2) is 9.78 Å². The topological polar surface area (TPSA) is 65.5 Å². The zero-order chi connectivity index (χ0) is 14.5. The molecule has 0 amide bonds. The van der Waals surface area contributed by atoms with Gasteiger partial charge in [0.25, 0.3) is 0 Å². The van der Waals surface area contributed by atoms with E-state index >= 15 is 0 Å². The molecule has 1 aromatic heterocycles. The normalized spacial score (nSPS) is 17.1. The SMILES string of the molecule is CCN1CCC(CNc2ncc(Br)cc2C(=O)O)CC1. The molecule has 0 atom stereocenters. The van der Waals surface area contributed by atoms with Gasteiger partial charge in [-0.2, -0.15) is 0 Å². The minimum Gasteiger partial charge on any atom is -0.478 e. The molecule has 0 aliphatic carbocycles. The van der Waals surface area contributed by atoms with E-state index in [1.807, 2.05) is 0 Å². The molecule has 0 saturated carbocycles. The van der Waals surface area contributed by atoms with Gasteiger partial charge in [-0.1, -0.05) is 6.92 Å². The number of nitrogens with zero attached hydrogens (tertiary/aromatic N) is 2. The summed E-state index contributed by atoms with van der Waals surface area (Å²) in [6.07, 6.45) is 3.92. The third-order valence-corrected chi connectivity index (χ3v) is 4.23. The first-order valence-electron chi connectivity index (χ1n) is 6.95. The molecule has 0 bridgehead atoms. The number of likely N-dealkylation sites (tertiary alicyclic amines) is 1. The Balaban J connectivity index is 1.93. The molecule has 1 aliphatic heterocycles. The number of anilines is 1. The third-order valence-electron chi connectivity index (χ3n) is 3.80. The molecule has 110 valence electrons. The molecule has 1 aliphatic rings. The lowest BCUT2D eigenvalue weighted by Gasteiger charge is -2.31. The number of carbonyl (C=O) groups is 1. The summed E-state index contributed by atoms with van der Waals surface area (Å²) in [5.41, 5.74) is 0.213. The molecular formula is C14H20BrN3O2. The van der Waals surface area contributed by atoms with Crippen molar-refractivity contribution in [2.75, 3.05) is 31.5 Å². The van der Waals surface area contributed by atoms with E-state index in [-0.39, 0.29) is 5.56 Å². The molecule has 0 aromatic carbocycles. The number of rotatable bonds is 5. The standard InChI is InChI=1S/C14H20BrN3O2/c1-2-18-5-3-10(4-6-18)8-16-13-12(14(19)20)7-11(15)9-17-13/h7,9-10H,2-6,8H2,1H3,(H,16,17)(H,19,20). The van der Waals surface area contributed by atoms with Crippen LogP contribution in [0.2, 0.25) is 0 Å². The Morgan fingerprint density at radius 3 is 2.85 bits per heavy atom. The summed E-state index contributed by atoms with van der Waals surface area (Å²) in [7, 11) is 0. The van der Waals surface area contributed by atoms with Gasteiger partial charge in [-0.05, 0) is 60.4 Å². The Morgan fingerprint density at radius 2 is 2.25 bits per heavy atom. The van der Waals surface area contributed by atoms with Crippen molar-refractivity contribution in [3.63, 3.8) is 0 Å². The number of halogens is 1. The van der Waals surface area contributed by atoms with Crippen LogP contribution >= 0.6 is 15.9 Å². The van der Waals surface area contributed by atoms with Gasteiger partial charge >= 0.3 is 5.97 Å². The van der Waals surface area contributed by atoms with Crippen molar-refractivity contribution in [2.24, 2.45) is 5.92 Å². The Kier molecular flexibility index (Phi) is 5.37. The molecule has 0 radical (unpaired) electrons. The van der Waals surface area contributed by atoms with E-state index in [0.717, 1.165) is 39.0 Å². The average Bonchev–Trinajstić information content (AvgIpc) is 2.46. The van der Waals surface area contributed by atoms with Crippen LogP contribution in [0.25, 0.3) is 0 Å². The molecule has 2 heterocycles. The molecule has 20 heavy (non-hydrogen) atoms. The molecule has 5 nitrogen and oxygen atoms in total. The average molecular weight is 342 g/mol. The molecule has 2 N–H and O–H groups in total. The predicted molar refractivity (Wildman–Crippen MR) is 82.2 cm³/mol. The molecule has 1 aromatic rings. The molecule has 6 heteroatoms. The quantitative estimate of drug-likeness (QED) is 0.861. The van der Waals surface area contributed by atoms with Gasteiger partial charge in [0.15, 0.2) is 0 Å². The lowest BCUT2D eigenvalue weighted by molar-refractivity contribution is 0.0697. The van der Waals surface area contributed by atoms with E-state index < -0.39 is 5.97 Å². The summed E-state index contributed by atoms with van der Waals surface area (Å²) >= 11 is 3.25. The highest BCUT2D eigenvalue weighted by Gasteiger charge is 2.19. The molecule has 1 saturated heterocycles. The molecular weight excluding hydrogens is 322 g/mol. The molecule has 1 fully saturated rings. The van der Waals surface area contributed by atoms with E-state index in [1.54, 1.807) is 12.3 Å². The number of hydrogen-bond donors (Lipinski definition) is 2. The van der Waals surface area contributed by atoms with Gasteiger partial charge in [-0.15, -0.1) is 0 Å². The van der Waals surface area contributed by atoms with Crippen LogP contribution in [0.4, 0.5) is 5.82 Å². The second-order valence-electron chi connectivity index (χ2n) is 5.11. The number of aromatic carboxylic acids is 1. The van der Waals surface area contributed by atoms with Gasteiger partial charge in [-0.3, -0.25) is 0 Å². The highest BCUT2D eigenvalue weighted by Crippen LogP contribution is 2.21. The van der Waals surface area contributed by atoms with Crippen LogP contribution in [-0.2, 0) is 0 Å². The first-order valence-corrected chi connectivity index (χ1v) is 7.74. The van der Waals surface area contributed by atoms with Gasteiger partial charge in [0.1, 0.15) is 11.4 Å². The molecule has 0 spiro atoms. The Labute approximate surface area is 127 Å². The fourth-order valence-corrected chi connectivity index (χ4v) is 2.82. The van der Waals surface area contributed by atoms with Crippen LogP contribution in [0.15, 0.2) is 16.7 Å². The molecule has 2 rings (SSSR count). The third kappa shape index (κ3) is 3.93. The number of carboxylic acid groups (broad SMARTS) is 1. The first kappa shape index (κ1) is 15.3. The van der Waals surface area contributed by atoms with Crippen LogP contribution in [-0.4, -0.2) is 47.1 Å². The fraction of sp³-hybridized carbons (Fsp3) is 0.571. The summed E-state index contributed by atoms with van der Waals surface area (Å²) in [4.78, 5) is 17.8. The number of carboxylic acids is 1. The second-order valence-corrected chi connectivity index (χ2v) is 6.03. The maximum Gasteiger partial charge on any atom is 0.339 e. The maximum absolute atomic E-state index is 11.2. The van der Waals surface area contributed by atoms with E-state index in [1.165, 1.54) is 0 Å². The van der Waals surface area contributed by atoms with Gasteiger partial charge in [0.05, 0.1) is 0 Å². The summed E-state index contributed by atoms with van der Waals surface area (Å²) < 4.78 is 0.678. The maximum atomic E-state index is 11.2. The van der Waals surface area contributed by atoms with Crippen LogP contribution in [0, 0.1) is 5.92 Å². The fourth-order valence-electron chi connectivity index (χ4n) is 2.49. The summed E-state index contributed by atoms with van der Waals surface area (Å²) in [6.45, 7) is 6.33. The minimum absolute atomic E-state index is 0.213. The Hall–Kier alpha value is -1.14. The largest absolute Gasteiger partial charge is 0.478 e. The zero-order valence-corrected chi connectivity index (χ0v) is 13.2. The number of piperidine rings is 1. The highest BCUT2D eigenvalue weighted by atomic mass is 79.9. The number of hydrogen-bond acceptors (Lipinski definition) is 4. The summed E-state index contributed by atoms with van der Waals surface area (Å²) in [6, 6.07) is 1.58. The van der Waals surface area contributed by atoms with E-state index in [4.69, 9.17) is 0 Å². The van der Waals surface area contributed by atoms with Crippen molar-refractivity contribution in [1.29, 1.82) is 0 Å². The highest BCUT2D eigenvalue weighted by molar-refractivity contribution is 9.10. The van der Waals surface area contributed by atoms with Crippen molar-refractivity contribution >= 4 is 27.7 Å². The molecule has 0 unspecified atom stereocenters. The predicted octanol–water partition coefficient (Wildman–Crippen LogP) is 2.69. The van der Waals surface area contributed by atoms with Crippen LogP contribution < -0.4 is 5.32 Å². The lowest BCUT2D eigenvalue weighted by Crippen LogP contribution is -2.35. The minimum atomic E-state index is -0.956. The smallest absolute Gasteiger partial charge is 0.339 e. The monoisotopic (exact) mass is 341 g/mol. The number of aromatic nitrogens is 1. The first-order chi connectivity index (χ1) is 9.60. The lowest BCUT2D eigenvalue weighted by atomic mass is 9.97. The van der Waals surface area contributed by atoms with E-state index in [2.05, 4.69) is 38.1 Å². The van der Waals surface area contributed by atoms with Crippen LogP contribution in [0.3, 0.4) is 0 Å². The van der Waals surface area contributed by atoms with Crippen molar-refractivity contribution in [3.05, 3.63) is 22.3 Å². The number of nitrogens with one attached hydrogen (secondary N) is 1. The Morgan fingerprint density at radius 1 is 1.55 bits per heavy atom. The van der Waals surface area contributed by atoms with Gasteiger partial charge in [0.2, 0.25) is 0 Å². The number of pyridine rings is 1. The van der Waals surface area contributed by atoms with Crippen molar-refractivity contribution in [2.45, 2.75) is 19.8 Å². The van der Waals surface area contributed by atoms with Crippen molar-refractivity contribution in [3.8, 4) is 0 Å². The van der Waals surface area contributed by atoms with Gasteiger partial charge < -0.3 is 15.3 Å². The van der Waals surface area contributed by atoms with Crippen LogP contribution in [0.1, 0.15) is 30.1 Å².